The average Bonchev–Trinajstić information content (AvgIpc) is 2.30. The third-order valence-corrected chi connectivity index (χ3v) is 2.14. The number of carboxylic acid groups (broad SMARTS) is 1. The zero-order valence-corrected chi connectivity index (χ0v) is 9.77. The molecule has 17 heavy (non-hydrogen) atoms. The molecule has 0 aromatic heterocycles. The normalized spacial score (nSPS) is 11.1. The van der Waals surface area contributed by atoms with Crippen LogP contribution in [0.4, 0.5) is 0 Å². The van der Waals surface area contributed by atoms with Gasteiger partial charge in [-0.3, -0.25) is 0 Å². The standard InChI is InChI=1S/C13H14O4/c1-3-17-13(16)9(2)8-10-4-6-11(7-5-10)12(14)15/h4-8H,3H2,1-2H3,(H,14,15). The van der Waals surface area contributed by atoms with E-state index in [1.165, 1.54) is 12.1 Å². The molecule has 0 aliphatic carbocycles. The highest BCUT2D eigenvalue weighted by molar-refractivity contribution is 5.93. The lowest BCUT2D eigenvalue weighted by molar-refractivity contribution is -0.138. The number of hydrogen-bond acceptors (Lipinski definition) is 3. The van der Waals surface area contributed by atoms with Crippen LogP contribution < -0.4 is 0 Å². The van der Waals surface area contributed by atoms with Crippen LogP contribution in [0.3, 0.4) is 0 Å². The van der Waals surface area contributed by atoms with Crippen LogP contribution in [0.1, 0.15) is 29.8 Å². The number of hydrogen-bond donors (Lipinski definition) is 1. The Balaban J connectivity index is 2.84. The quantitative estimate of drug-likeness (QED) is 0.641. The van der Waals surface area contributed by atoms with Gasteiger partial charge in [0.2, 0.25) is 0 Å². The smallest absolute Gasteiger partial charge is 0.335 e. The molecule has 1 aromatic carbocycles. The summed E-state index contributed by atoms with van der Waals surface area (Å²) in [6.45, 7) is 3.73. The minimum absolute atomic E-state index is 0.218. The summed E-state index contributed by atoms with van der Waals surface area (Å²) in [7, 11) is 0. The van der Waals surface area contributed by atoms with E-state index in [0.717, 1.165) is 5.56 Å². The first kappa shape index (κ1) is 13.0. The Kier molecular flexibility index (Phi) is 4.46. The van der Waals surface area contributed by atoms with Gasteiger partial charge >= 0.3 is 11.9 Å². The molecule has 0 atom stereocenters. The molecule has 0 bridgehead atoms. The van der Waals surface area contributed by atoms with Gasteiger partial charge < -0.3 is 9.84 Å². The summed E-state index contributed by atoms with van der Waals surface area (Å²) in [5, 5.41) is 8.73. The van der Waals surface area contributed by atoms with Crippen LogP contribution in [0.25, 0.3) is 6.08 Å². The zero-order valence-electron chi connectivity index (χ0n) is 9.77. The van der Waals surface area contributed by atoms with E-state index in [2.05, 4.69) is 0 Å². The van der Waals surface area contributed by atoms with Gasteiger partial charge in [-0.05, 0) is 37.6 Å². The number of carbonyl (C=O) groups is 2. The number of benzene rings is 1. The molecule has 0 unspecified atom stereocenters. The second-order valence-corrected chi connectivity index (χ2v) is 3.47. The van der Waals surface area contributed by atoms with E-state index in [0.29, 0.717) is 12.2 Å². The van der Waals surface area contributed by atoms with Gasteiger partial charge in [-0.25, -0.2) is 9.59 Å². The Labute approximate surface area is 99.5 Å². The molecule has 1 aromatic rings. The first-order valence-corrected chi connectivity index (χ1v) is 5.23. The van der Waals surface area contributed by atoms with Crippen molar-refractivity contribution in [2.45, 2.75) is 13.8 Å². The maximum Gasteiger partial charge on any atom is 0.335 e. The summed E-state index contributed by atoms with van der Waals surface area (Å²) in [4.78, 5) is 22.0. The molecule has 0 saturated carbocycles. The lowest BCUT2D eigenvalue weighted by Crippen LogP contribution is -2.04. The second-order valence-electron chi connectivity index (χ2n) is 3.47. The van der Waals surface area contributed by atoms with Crippen LogP contribution in [-0.4, -0.2) is 23.7 Å². The van der Waals surface area contributed by atoms with Crippen LogP contribution in [-0.2, 0) is 9.53 Å². The van der Waals surface area contributed by atoms with Gasteiger partial charge in [-0.1, -0.05) is 12.1 Å². The first-order valence-electron chi connectivity index (χ1n) is 5.23. The van der Waals surface area contributed by atoms with Crippen molar-refractivity contribution in [3.05, 3.63) is 41.0 Å². The van der Waals surface area contributed by atoms with Crippen LogP contribution in [0, 0.1) is 0 Å². The Hall–Kier alpha value is -2.10. The van der Waals surface area contributed by atoms with E-state index in [9.17, 15) is 9.59 Å². The average molecular weight is 234 g/mol. The third-order valence-electron chi connectivity index (χ3n) is 2.14. The molecule has 4 nitrogen and oxygen atoms in total. The molecule has 0 aliphatic heterocycles. The van der Waals surface area contributed by atoms with E-state index in [4.69, 9.17) is 9.84 Å². The lowest BCUT2D eigenvalue weighted by atomic mass is 10.1. The Morgan fingerprint density at radius 3 is 2.35 bits per heavy atom. The van der Waals surface area contributed by atoms with E-state index < -0.39 is 5.97 Å². The fourth-order valence-electron chi connectivity index (χ4n) is 1.28. The molecule has 0 aliphatic rings. The highest BCUT2D eigenvalue weighted by Crippen LogP contribution is 2.10. The molecule has 0 heterocycles. The molecule has 1 rings (SSSR count). The summed E-state index contributed by atoms with van der Waals surface area (Å²) < 4.78 is 4.84. The largest absolute Gasteiger partial charge is 0.478 e. The fraction of sp³-hybridized carbons (Fsp3) is 0.231. The van der Waals surface area contributed by atoms with E-state index >= 15 is 0 Å². The molecule has 0 spiro atoms. The van der Waals surface area contributed by atoms with E-state index in [-0.39, 0.29) is 11.5 Å². The number of ether oxygens (including phenoxy) is 1. The minimum atomic E-state index is -0.970. The van der Waals surface area contributed by atoms with Gasteiger partial charge in [0, 0.05) is 5.57 Å². The zero-order chi connectivity index (χ0) is 12.8. The van der Waals surface area contributed by atoms with Crippen molar-refractivity contribution in [1.82, 2.24) is 0 Å². The van der Waals surface area contributed by atoms with Crippen LogP contribution in [0.15, 0.2) is 29.8 Å². The monoisotopic (exact) mass is 234 g/mol. The molecule has 0 amide bonds. The number of esters is 1. The predicted molar refractivity (Wildman–Crippen MR) is 63.7 cm³/mol. The van der Waals surface area contributed by atoms with Crippen molar-refractivity contribution in [1.29, 1.82) is 0 Å². The number of carboxylic acids is 1. The predicted octanol–water partition coefficient (Wildman–Crippen LogP) is 2.35. The van der Waals surface area contributed by atoms with Crippen molar-refractivity contribution in [2.75, 3.05) is 6.61 Å². The summed E-state index contributed by atoms with van der Waals surface area (Å²) in [5.74, 6) is -1.34. The SMILES string of the molecule is CCOC(=O)C(C)=Cc1ccc(C(=O)O)cc1. The van der Waals surface area contributed by atoms with Gasteiger partial charge in [0.15, 0.2) is 0 Å². The van der Waals surface area contributed by atoms with Crippen LogP contribution >= 0.6 is 0 Å². The molecular weight excluding hydrogens is 220 g/mol. The van der Waals surface area contributed by atoms with Gasteiger partial charge in [0.25, 0.3) is 0 Å². The Bertz CT molecular complexity index is 443. The number of carbonyl (C=O) groups excluding carboxylic acids is 1. The Morgan fingerprint density at radius 2 is 1.88 bits per heavy atom. The van der Waals surface area contributed by atoms with Gasteiger partial charge in [0.1, 0.15) is 0 Å². The van der Waals surface area contributed by atoms with Gasteiger partial charge in [-0.2, -0.15) is 0 Å². The summed E-state index contributed by atoms with van der Waals surface area (Å²) in [5.41, 5.74) is 1.46. The Morgan fingerprint density at radius 1 is 1.29 bits per heavy atom. The fourth-order valence-corrected chi connectivity index (χ4v) is 1.28. The maximum absolute atomic E-state index is 11.3. The van der Waals surface area contributed by atoms with Crippen LogP contribution in [0.5, 0.6) is 0 Å². The highest BCUT2D eigenvalue weighted by Gasteiger charge is 2.05. The maximum atomic E-state index is 11.3. The summed E-state index contributed by atoms with van der Waals surface area (Å²) in [6.07, 6.45) is 1.66. The summed E-state index contributed by atoms with van der Waals surface area (Å²) in [6, 6.07) is 6.28. The lowest BCUT2D eigenvalue weighted by Gasteiger charge is -2.02. The first-order chi connectivity index (χ1) is 8.04. The molecule has 0 radical (unpaired) electrons. The molecule has 90 valence electrons. The third kappa shape index (κ3) is 3.75. The molecule has 1 N–H and O–H groups in total. The van der Waals surface area contributed by atoms with Crippen molar-refractivity contribution in [3.63, 3.8) is 0 Å². The number of aromatic carboxylic acids is 1. The summed E-state index contributed by atoms with van der Waals surface area (Å²) >= 11 is 0. The van der Waals surface area contributed by atoms with Crippen molar-refractivity contribution >= 4 is 18.0 Å². The van der Waals surface area contributed by atoms with Gasteiger partial charge in [0.05, 0.1) is 12.2 Å². The molecular formula is C13H14O4. The second kappa shape index (κ2) is 5.84. The van der Waals surface area contributed by atoms with Gasteiger partial charge in [-0.15, -0.1) is 0 Å². The van der Waals surface area contributed by atoms with Crippen molar-refractivity contribution in [3.8, 4) is 0 Å². The van der Waals surface area contributed by atoms with Crippen LogP contribution in [0.2, 0.25) is 0 Å². The highest BCUT2D eigenvalue weighted by atomic mass is 16.5. The van der Waals surface area contributed by atoms with E-state index in [1.807, 2.05) is 0 Å². The van der Waals surface area contributed by atoms with E-state index in [1.54, 1.807) is 32.1 Å². The molecule has 0 fully saturated rings. The number of rotatable bonds is 4. The molecule has 4 heteroatoms. The topological polar surface area (TPSA) is 63.6 Å². The van der Waals surface area contributed by atoms with Crippen molar-refractivity contribution in [2.24, 2.45) is 0 Å². The van der Waals surface area contributed by atoms with Crippen molar-refractivity contribution < 1.29 is 19.4 Å². The molecule has 0 saturated heterocycles. The minimum Gasteiger partial charge on any atom is -0.478 e.